The zero-order chi connectivity index (χ0) is 10.8. The lowest BCUT2D eigenvalue weighted by Crippen LogP contribution is -2.40. The molecule has 15 heavy (non-hydrogen) atoms. The quantitative estimate of drug-likeness (QED) is 0.749. The smallest absolute Gasteiger partial charge is 0.241 e. The number of carbonyl (C=O) groups excluding carboxylic acids is 1. The van der Waals surface area contributed by atoms with Crippen molar-refractivity contribution in [1.29, 1.82) is 0 Å². The molecule has 0 aromatic heterocycles. The second kappa shape index (κ2) is 4.49. The highest BCUT2D eigenvalue weighted by Crippen LogP contribution is 2.18. The molecule has 2 aliphatic heterocycles. The van der Waals surface area contributed by atoms with E-state index in [2.05, 4.69) is 5.32 Å². The molecule has 1 N–H and O–H groups in total. The Morgan fingerprint density at radius 1 is 1.60 bits per heavy atom. The standard InChI is InChI=1S/C11H20N2O2/c1-3-10-11(14)13(8(2)12-10)7-9-5-4-6-15-9/h8-10,12H,3-7H2,1-2H3. The minimum Gasteiger partial charge on any atom is -0.376 e. The summed E-state index contributed by atoms with van der Waals surface area (Å²) in [5.74, 6) is 0.237. The Labute approximate surface area is 91.0 Å². The van der Waals surface area contributed by atoms with Gasteiger partial charge in [0.15, 0.2) is 0 Å². The van der Waals surface area contributed by atoms with Gasteiger partial charge < -0.3 is 9.64 Å². The monoisotopic (exact) mass is 212 g/mol. The predicted molar refractivity (Wildman–Crippen MR) is 57.4 cm³/mol. The van der Waals surface area contributed by atoms with Crippen LogP contribution in [0.1, 0.15) is 33.1 Å². The summed E-state index contributed by atoms with van der Waals surface area (Å²) in [6.45, 7) is 5.69. The van der Waals surface area contributed by atoms with Crippen LogP contribution in [0.2, 0.25) is 0 Å². The van der Waals surface area contributed by atoms with Crippen molar-refractivity contribution < 1.29 is 9.53 Å². The maximum absolute atomic E-state index is 11.9. The van der Waals surface area contributed by atoms with Crippen molar-refractivity contribution >= 4 is 5.91 Å². The average molecular weight is 212 g/mol. The van der Waals surface area contributed by atoms with Gasteiger partial charge in [-0.2, -0.15) is 0 Å². The topological polar surface area (TPSA) is 41.6 Å². The molecule has 0 aromatic rings. The summed E-state index contributed by atoms with van der Waals surface area (Å²) in [6.07, 6.45) is 3.50. The van der Waals surface area contributed by atoms with E-state index in [-0.39, 0.29) is 24.2 Å². The molecule has 1 amide bonds. The molecule has 0 spiro atoms. The van der Waals surface area contributed by atoms with E-state index in [0.29, 0.717) is 0 Å². The first-order valence-electron chi connectivity index (χ1n) is 5.90. The lowest BCUT2D eigenvalue weighted by atomic mass is 10.2. The van der Waals surface area contributed by atoms with E-state index in [1.807, 2.05) is 18.7 Å². The molecule has 0 radical (unpaired) electrons. The van der Waals surface area contributed by atoms with Crippen LogP contribution in [0.3, 0.4) is 0 Å². The first kappa shape index (κ1) is 10.9. The zero-order valence-corrected chi connectivity index (χ0v) is 9.53. The third-order valence-corrected chi connectivity index (χ3v) is 3.32. The zero-order valence-electron chi connectivity index (χ0n) is 9.53. The lowest BCUT2D eigenvalue weighted by molar-refractivity contribution is -0.131. The third kappa shape index (κ3) is 2.16. The van der Waals surface area contributed by atoms with Crippen LogP contribution >= 0.6 is 0 Å². The van der Waals surface area contributed by atoms with Crippen molar-refractivity contribution in [2.24, 2.45) is 0 Å². The van der Waals surface area contributed by atoms with E-state index < -0.39 is 0 Å². The Balaban J connectivity index is 1.93. The predicted octanol–water partition coefficient (Wildman–Crippen LogP) is 0.722. The number of carbonyl (C=O) groups is 1. The fourth-order valence-electron chi connectivity index (χ4n) is 2.39. The van der Waals surface area contributed by atoms with Gasteiger partial charge in [0.25, 0.3) is 0 Å². The Hall–Kier alpha value is -0.610. The number of nitrogens with one attached hydrogen (secondary N) is 1. The highest BCUT2D eigenvalue weighted by Gasteiger charge is 2.36. The largest absolute Gasteiger partial charge is 0.376 e. The van der Waals surface area contributed by atoms with Gasteiger partial charge in [0.05, 0.1) is 18.3 Å². The normalized spacial score (nSPS) is 36.5. The molecular formula is C11H20N2O2. The molecule has 2 rings (SSSR count). The van der Waals surface area contributed by atoms with Crippen LogP contribution in [0.15, 0.2) is 0 Å². The molecule has 2 fully saturated rings. The minimum atomic E-state index is 0.0152. The summed E-state index contributed by atoms with van der Waals surface area (Å²) < 4.78 is 5.56. The summed E-state index contributed by atoms with van der Waals surface area (Å²) >= 11 is 0. The van der Waals surface area contributed by atoms with Crippen LogP contribution in [0.5, 0.6) is 0 Å². The van der Waals surface area contributed by atoms with E-state index >= 15 is 0 Å². The number of nitrogens with zero attached hydrogens (tertiary/aromatic N) is 1. The first-order chi connectivity index (χ1) is 7.22. The van der Waals surface area contributed by atoms with E-state index in [4.69, 9.17) is 4.74 Å². The van der Waals surface area contributed by atoms with Crippen molar-refractivity contribution in [2.75, 3.05) is 13.2 Å². The summed E-state index contributed by atoms with van der Waals surface area (Å²) in [7, 11) is 0. The summed E-state index contributed by atoms with van der Waals surface area (Å²) in [5, 5.41) is 3.30. The highest BCUT2D eigenvalue weighted by molar-refractivity contribution is 5.84. The maximum atomic E-state index is 11.9. The van der Waals surface area contributed by atoms with Crippen LogP contribution in [-0.2, 0) is 9.53 Å². The third-order valence-electron chi connectivity index (χ3n) is 3.32. The minimum absolute atomic E-state index is 0.0152. The molecule has 4 nitrogen and oxygen atoms in total. The van der Waals surface area contributed by atoms with Crippen LogP contribution < -0.4 is 5.32 Å². The van der Waals surface area contributed by atoms with Gasteiger partial charge in [-0.15, -0.1) is 0 Å². The van der Waals surface area contributed by atoms with Gasteiger partial charge in [0.1, 0.15) is 0 Å². The number of ether oxygens (including phenoxy) is 1. The molecule has 3 atom stereocenters. The summed E-state index contributed by atoms with van der Waals surface area (Å²) in [5.41, 5.74) is 0. The van der Waals surface area contributed by atoms with Crippen LogP contribution in [0, 0.1) is 0 Å². The number of amides is 1. The molecule has 4 heteroatoms. The molecule has 0 aliphatic carbocycles. The summed E-state index contributed by atoms with van der Waals surface area (Å²) in [4.78, 5) is 13.9. The van der Waals surface area contributed by atoms with E-state index in [1.165, 1.54) is 0 Å². The molecule has 0 aromatic carbocycles. The molecule has 0 bridgehead atoms. The molecule has 2 aliphatic rings. The van der Waals surface area contributed by atoms with Crippen molar-refractivity contribution in [1.82, 2.24) is 10.2 Å². The average Bonchev–Trinajstić information content (AvgIpc) is 2.81. The van der Waals surface area contributed by atoms with Crippen molar-refractivity contribution in [3.63, 3.8) is 0 Å². The Morgan fingerprint density at radius 2 is 2.40 bits per heavy atom. The number of rotatable bonds is 3. The van der Waals surface area contributed by atoms with Gasteiger partial charge in [-0.3, -0.25) is 10.1 Å². The molecule has 3 unspecified atom stereocenters. The van der Waals surface area contributed by atoms with Crippen LogP contribution in [-0.4, -0.2) is 42.3 Å². The van der Waals surface area contributed by atoms with Crippen molar-refractivity contribution in [2.45, 2.75) is 51.4 Å². The lowest BCUT2D eigenvalue weighted by Gasteiger charge is -2.23. The van der Waals surface area contributed by atoms with Crippen LogP contribution in [0.4, 0.5) is 0 Å². The Kier molecular flexibility index (Phi) is 3.26. The van der Waals surface area contributed by atoms with Gasteiger partial charge >= 0.3 is 0 Å². The van der Waals surface area contributed by atoms with Gasteiger partial charge in [-0.1, -0.05) is 6.92 Å². The van der Waals surface area contributed by atoms with Crippen molar-refractivity contribution in [3.8, 4) is 0 Å². The van der Waals surface area contributed by atoms with Crippen LogP contribution in [0.25, 0.3) is 0 Å². The fourth-order valence-corrected chi connectivity index (χ4v) is 2.39. The second-order valence-electron chi connectivity index (χ2n) is 4.43. The molecule has 2 saturated heterocycles. The van der Waals surface area contributed by atoms with Gasteiger partial charge in [-0.05, 0) is 26.2 Å². The Morgan fingerprint density at radius 3 is 2.93 bits per heavy atom. The second-order valence-corrected chi connectivity index (χ2v) is 4.43. The molecule has 0 saturated carbocycles. The molecular weight excluding hydrogens is 192 g/mol. The maximum Gasteiger partial charge on any atom is 0.241 e. The SMILES string of the molecule is CCC1NC(C)N(CC2CCCO2)C1=O. The van der Waals surface area contributed by atoms with E-state index in [0.717, 1.165) is 32.4 Å². The highest BCUT2D eigenvalue weighted by atomic mass is 16.5. The number of hydrogen-bond acceptors (Lipinski definition) is 3. The Bertz CT molecular complexity index is 239. The first-order valence-corrected chi connectivity index (χ1v) is 5.90. The van der Waals surface area contributed by atoms with Gasteiger partial charge in [0, 0.05) is 13.2 Å². The molecule has 2 heterocycles. The van der Waals surface area contributed by atoms with Gasteiger partial charge in [-0.25, -0.2) is 0 Å². The van der Waals surface area contributed by atoms with E-state index in [1.54, 1.807) is 0 Å². The fraction of sp³-hybridized carbons (Fsp3) is 0.909. The molecule has 86 valence electrons. The van der Waals surface area contributed by atoms with E-state index in [9.17, 15) is 4.79 Å². The summed E-state index contributed by atoms with van der Waals surface area (Å²) in [6, 6.07) is 0.0152. The number of hydrogen-bond donors (Lipinski definition) is 1. The van der Waals surface area contributed by atoms with Gasteiger partial charge in [0.2, 0.25) is 5.91 Å². The van der Waals surface area contributed by atoms with Crippen molar-refractivity contribution in [3.05, 3.63) is 0 Å².